The number of hydrogen-bond acceptors (Lipinski definition) is 6. The van der Waals surface area contributed by atoms with Crippen molar-refractivity contribution in [1.82, 2.24) is 0 Å². The fourth-order valence-corrected chi connectivity index (χ4v) is 1.30. The number of epoxide rings is 2. The minimum absolute atomic E-state index is 0.426. The van der Waals surface area contributed by atoms with Crippen molar-refractivity contribution in [2.45, 2.75) is 46.8 Å². The normalized spacial score (nSPS) is 15.2. The first-order valence-corrected chi connectivity index (χ1v) is 11.2. The number of ether oxygens (including phenoxy) is 6. The Morgan fingerprint density at radius 1 is 0.879 bits per heavy atom. The lowest BCUT2D eigenvalue weighted by atomic mass is 10.2. The standard InChI is InChI=1S/C9H10O.C4H8O2.C4H8O.2C3H6O.2C2H6/c1-3-8-4-6-9(10-2)7-5-8;1-5-2-4-3-6-4;1-3-4-5-2;1-3-2-4-3;1-3-4-2;2*1-2/h3-7H,1H2,2H3;4H,2-3H2,1H3;3H,1,4H2,2H3;3H,2H2,1H3;3H,1H2,2H3;2*1-2H3. The number of benzene rings is 1. The number of rotatable bonds is 7. The summed E-state index contributed by atoms with van der Waals surface area (Å²) in [6.45, 7) is 23.7. The lowest BCUT2D eigenvalue weighted by Crippen LogP contribution is -1.94. The summed E-state index contributed by atoms with van der Waals surface area (Å²) in [5.74, 6) is 0.880. The maximum atomic E-state index is 4.98. The van der Waals surface area contributed by atoms with E-state index in [1.54, 1.807) is 40.6 Å². The van der Waals surface area contributed by atoms with Crippen LogP contribution in [0.15, 0.2) is 56.3 Å². The van der Waals surface area contributed by atoms with E-state index in [0.29, 0.717) is 18.8 Å². The minimum atomic E-state index is 0.426. The van der Waals surface area contributed by atoms with Crippen molar-refractivity contribution in [2.75, 3.05) is 54.9 Å². The largest absolute Gasteiger partial charge is 0.505 e. The van der Waals surface area contributed by atoms with Crippen LogP contribution in [0, 0.1) is 0 Å². The maximum absolute atomic E-state index is 4.98. The first-order chi connectivity index (χ1) is 16.0. The third kappa shape index (κ3) is 40.7. The van der Waals surface area contributed by atoms with E-state index in [9.17, 15) is 0 Å². The quantitative estimate of drug-likeness (QED) is 0.260. The van der Waals surface area contributed by atoms with Gasteiger partial charge in [-0.25, -0.2) is 0 Å². The van der Waals surface area contributed by atoms with Crippen LogP contribution >= 0.6 is 0 Å². The fourth-order valence-electron chi connectivity index (χ4n) is 1.30. The van der Waals surface area contributed by atoms with Gasteiger partial charge < -0.3 is 28.4 Å². The van der Waals surface area contributed by atoms with Gasteiger partial charge >= 0.3 is 0 Å². The van der Waals surface area contributed by atoms with Crippen molar-refractivity contribution in [3.8, 4) is 5.75 Å². The summed E-state index contributed by atoms with van der Waals surface area (Å²) in [7, 11) is 6.54. The molecule has 33 heavy (non-hydrogen) atoms. The molecule has 0 bridgehead atoms. The number of hydrogen-bond donors (Lipinski definition) is 0. The first kappa shape index (κ1) is 38.2. The molecule has 2 heterocycles. The molecule has 6 heteroatoms. The van der Waals surface area contributed by atoms with Crippen molar-refractivity contribution >= 4 is 6.08 Å². The van der Waals surface area contributed by atoms with Crippen molar-refractivity contribution in [1.29, 1.82) is 0 Å². The van der Waals surface area contributed by atoms with Crippen LogP contribution in [0.25, 0.3) is 6.08 Å². The molecule has 194 valence electrons. The van der Waals surface area contributed by atoms with Gasteiger partial charge in [-0.3, -0.25) is 0 Å². The maximum Gasteiger partial charge on any atom is 0.118 e. The molecule has 0 radical (unpaired) electrons. The van der Waals surface area contributed by atoms with E-state index in [-0.39, 0.29) is 0 Å². The summed E-state index contributed by atoms with van der Waals surface area (Å²) < 4.78 is 28.1. The van der Waals surface area contributed by atoms with E-state index < -0.39 is 0 Å². The molecule has 0 spiro atoms. The van der Waals surface area contributed by atoms with Gasteiger partial charge in [0.1, 0.15) is 11.9 Å². The van der Waals surface area contributed by atoms with Crippen molar-refractivity contribution < 1.29 is 28.4 Å². The van der Waals surface area contributed by atoms with Crippen LogP contribution in [-0.2, 0) is 23.7 Å². The molecule has 0 amide bonds. The summed E-state index contributed by atoms with van der Waals surface area (Å²) in [6, 6.07) is 7.76. The SMILES string of the molecule is C=CCOC.C=COC.C=Cc1ccc(OC)cc1.CC.CC.CC1CO1.COCC1CO1. The minimum Gasteiger partial charge on any atom is -0.505 e. The average Bonchev–Trinajstić information content (AvgIpc) is 3.83. The molecular formula is C27H50O6. The van der Waals surface area contributed by atoms with Gasteiger partial charge in [0.25, 0.3) is 0 Å². The second-order valence-electron chi connectivity index (χ2n) is 5.68. The lowest BCUT2D eigenvalue weighted by molar-refractivity contribution is 0.171. The van der Waals surface area contributed by atoms with Crippen molar-refractivity contribution in [2.24, 2.45) is 0 Å². The van der Waals surface area contributed by atoms with E-state index in [1.165, 1.54) is 6.26 Å². The predicted octanol–water partition coefficient (Wildman–Crippen LogP) is 6.42. The summed E-state index contributed by atoms with van der Waals surface area (Å²) in [5, 5.41) is 0. The van der Waals surface area contributed by atoms with Gasteiger partial charge in [0.05, 0.1) is 53.0 Å². The summed E-state index contributed by atoms with van der Waals surface area (Å²) in [6.07, 6.45) is 5.90. The molecule has 0 N–H and O–H groups in total. The van der Waals surface area contributed by atoms with Gasteiger partial charge in [0.15, 0.2) is 0 Å². The highest BCUT2D eigenvalue weighted by Gasteiger charge is 2.21. The predicted molar refractivity (Wildman–Crippen MR) is 142 cm³/mol. The van der Waals surface area contributed by atoms with Crippen LogP contribution < -0.4 is 4.74 Å². The smallest absolute Gasteiger partial charge is 0.118 e. The van der Waals surface area contributed by atoms with Gasteiger partial charge in [0.2, 0.25) is 0 Å². The number of methoxy groups -OCH3 is 4. The third-order valence-electron chi connectivity index (χ3n) is 3.06. The Kier molecular flexibility index (Phi) is 39.9. The molecule has 0 aromatic heterocycles. The molecule has 0 saturated carbocycles. The zero-order chi connectivity index (χ0) is 26.3. The molecular weight excluding hydrogens is 420 g/mol. The van der Waals surface area contributed by atoms with Gasteiger partial charge in [-0.1, -0.05) is 65.1 Å². The van der Waals surface area contributed by atoms with E-state index in [0.717, 1.165) is 31.1 Å². The van der Waals surface area contributed by atoms with Crippen LogP contribution in [0.1, 0.15) is 40.2 Å². The molecule has 2 atom stereocenters. The van der Waals surface area contributed by atoms with Gasteiger partial charge in [0, 0.05) is 14.2 Å². The van der Waals surface area contributed by atoms with Crippen molar-refractivity contribution in [3.05, 3.63) is 61.9 Å². The highest BCUT2D eigenvalue weighted by atomic mass is 16.6. The Balaban J connectivity index is -0.000000160. The summed E-state index contributed by atoms with van der Waals surface area (Å²) in [5.41, 5.74) is 1.11. The Labute approximate surface area is 204 Å². The Morgan fingerprint density at radius 2 is 1.33 bits per heavy atom. The third-order valence-corrected chi connectivity index (χ3v) is 3.06. The molecule has 1 aromatic carbocycles. The zero-order valence-corrected chi connectivity index (χ0v) is 22.6. The van der Waals surface area contributed by atoms with Crippen LogP contribution in [0.3, 0.4) is 0 Å². The topological polar surface area (TPSA) is 62.0 Å². The second-order valence-corrected chi connectivity index (χ2v) is 5.68. The molecule has 2 aliphatic heterocycles. The molecule has 2 aliphatic rings. The molecule has 2 unspecified atom stereocenters. The molecule has 2 fully saturated rings. The Morgan fingerprint density at radius 3 is 1.48 bits per heavy atom. The molecule has 1 aromatic rings. The molecule has 2 saturated heterocycles. The van der Waals surface area contributed by atoms with Gasteiger partial charge in [-0.15, -0.1) is 6.58 Å². The Bertz CT molecular complexity index is 494. The van der Waals surface area contributed by atoms with Crippen LogP contribution in [-0.4, -0.2) is 67.1 Å². The van der Waals surface area contributed by atoms with E-state index >= 15 is 0 Å². The highest BCUT2D eigenvalue weighted by molar-refractivity contribution is 5.48. The molecule has 6 nitrogen and oxygen atoms in total. The van der Waals surface area contributed by atoms with Crippen molar-refractivity contribution in [3.63, 3.8) is 0 Å². The monoisotopic (exact) mass is 470 g/mol. The van der Waals surface area contributed by atoms with E-state index in [4.69, 9.17) is 18.9 Å². The molecule has 3 rings (SSSR count). The van der Waals surface area contributed by atoms with Crippen LogP contribution in [0.2, 0.25) is 0 Å². The highest BCUT2D eigenvalue weighted by Crippen LogP contribution is 2.11. The van der Waals surface area contributed by atoms with Gasteiger partial charge in [-0.2, -0.15) is 0 Å². The van der Waals surface area contributed by atoms with Crippen LogP contribution in [0.5, 0.6) is 5.75 Å². The zero-order valence-electron chi connectivity index (χ0n) is 22.6. The van der Waals surface area contributed by atoms with E-state index in [1.807, 2.05) is 52.0 Å². The van der Waals surface area contributed by atoms with E-state index in [2.05, 4.69) is 36.1 Å². The van der Waals surface area contributed by atoms with Gasteiger partial charge in [-0.05, 0) is 24.6 Å². The first-order valence-electron chi connectivity index (χ1n) is 11.2. The fraction of sp³-hybridized carbons (Fsp3) is 0.556. The van der Waals surface area contributed by atoms with Crippen LogP contribution in [0.4, 0.5) is 0 Å². The molecule has 0 aliphatic carbocycles. The second kappa shape index (κ2) is 34.5. The lowest BCUT2D eigenvalue weighted by Gasteiger charge is -1.97. The average molecular weight is 471 g/mol. The Hall–Kier alpha value is -2.12. The summed E-state index contributed by atoms with van der Waals surface area (Å²) in [4.78, 5) is 0. The summed E-state index contributed by atoms with van der Waals surface area (Å²) >= 11 is 0.